The maximum Gasteiger partial charge on any atom is 0.224 e. The Morgan fingerprint density at radius 1 is 1.38 bits per heavy atom. The third-order valence-corrected chi connectivity index (χ3v) is 2.89. The van der Waals surface area contributed by atoms with Gasteiger partial charge >= 0.3 is 0 Å². The van der Waals surface area contributed by atoms with Crippen LogP contribution in [0.3, 0.4) is 0 Å². The van der Waals surface area contributed by atoms with Crippen LogP contribution in [0, 0.1) is 0 Å². The zero-order valence-corrected chi connectivity index (χ0v) is 10.1. The van der Waals surface area contributed by atoms with Crippen molar-refractivity contribution in [2.24, 2.45) is 0 Å². The van der Waals surface area contributed by atoms with E-state index in [1.165, 1.54) is 0 Å². The zero-order chi connectivity index (χ0) is 11.5. The number of anilines is 1. The Balaban J connectivity index is 2.34. The molecule has 1 aliphatic rings. The van der Waals surface area contributed by atoms with Crippen molar-refractivity contribution in [2.75, 3.05) is 17.8 Å². The number of amides is 1. The van der Waals surface area contributed by atoms with Crippen LogP contribution in [-0.4, -0.2) is 18.4 Å². The van der Waals surface area contributed by atoms with Gasteiger partial charge in [-0.15, -0.1) is 11.6 Å². The predicted octanol–water partition coefficient (Wildman–Crippen LogP) is 2.84. The van der Waals surface area contributed by atoms with Gasteiger partial charge in [0.1, 0.15) is 12.4 Å². The van der Waals surface area contributed by atoms with Gasteiger partial charge in [-0.3, -0.25) is 4.79 Å². The van der Waals surface area contributed by atoms with Crippen molar-refractivity contribution in [3.8, 4) is 5.75 Å². The van der Waals surface area contributed by atoms with E-state index in [0.717, 1.165) is 11.3 Å². The Labute approximate surface area is 104 Å². The summed E-state index contributed by atoms with van der Waals surface area (Å²) in [5.74, 6) is 1.17. The number of hydrogen-bond acceptors (Lipinski definition) is 2. The molecule has 0 spiro atoms. The van der Waals surface area contributed by atoms with Gasteiger partial charge in [0.2, 0.25) is 5.91 Å². The fraction of sp³-hybridized carbons (Fsp3) is 0.364. The molecule has 1 aromatic carbocycles. The molecule has 16 heavy (non-hydrogen) atoms. The minimum atomic E-state index is -0.0103. The van der Waals surface area contributed by atoms with Crippen LogP contribution in [0.4, 0.5) is 5.69 Å². The van der Waals surface area contributed by atoms with Crippen molar-refractivity contribution < 1.29 is 9.53 Å². The zero-order valence-electron chi connectivity index (χ0n) is 8.56. The number of ether oxygens (including phenoxy) is 1. The molecule has 0 saturated heterocycles. The van der Waals surface area contributed by atoms with Gasteiger partial charge in [-0.05, 0) is 18.6 Å². The van der Waals surface area contributed by atoms with Crippen molar-refractivity contribution in [1.29, 1.82) is 0 Å². The van der Waals surface area contributed by atoms with E-state index in [1.807, 2.05) is 6.07 Å². The second-order valence-electron chi connectivity index (χ2n) is 3.48. The van der Waals surface area contributed by atoms with Gasteiger partial charge in [0.05, 0.1) is 16.6 Å². The van der Waals surface area contributed by atoms with Gasteiger partial charge in [0.15, 0.2) is 0 Å². The minimum absolute atomic E-state index is 0.0103. The van der Waals surface area contributed by atoms with Gasteiger partial charge in [-0.1, -0.05) is 11.6 Å². The summed E-state index contributed by atoms with van der Waals surface area (Å²) in [4.78, 5) is 11.3. The molecule has 1 N–H and O–H groups in total. The van der Waals surface area contributed by atoms with Crippen LogP contribution in [0.1, 0.15) is 12.0 Å². The Hall–Kier alpha value is -0.930. The van der Waals surface area contributed by atoms with Gasteiger partial charge in [-0.25, -0.2) is 0 Å². The maximum absolute atomic E-state index is 11.3. The summed E-state index contributed by atoms with van der Waals surface area (Å²) in [5, 5.41) is 3.30. The predicted molar refractivity (Wildman–Crippen MR) is 64.6 cm³/mol. The molecule has 0 fully saturated rings. The average molecular weight is 260 g/mol. The van der Waals surface area contributed by atoms with E-state index >= 15 is 0 Å². The molecule has 1 aromatic rings. The molecule has 86 valence electrons. The van der Waals surface area contributed by atoms with E-state index in [-0.39, 0.29) is 5.91 Å². The first kappa shape index (κ1) is 11.6. The number of fused-ring (bicyclic) bond motifs is 1. The van der Waals surface area contributed by atoms with Crippen LogP contribution in [0.15, 0.2) is 12.1 Å². The third-order valence-electron chi connectivity index (χ3n) is 2.42. The average Bonchev–Trinajstić information content (AvgIpc) is 2.29. The second-order valence-corrected chi connectivity index (χ2v) is 4.27. The quantitative estimate of drug-likeness (QED) is 0.848. The van der Waals surface area contributed by atoms with Gasteiger partial charge in [-0.2, -0.15) is 0 Å². The number of carbonyl (C=O) groups is 1. The molecule has 1 amide bonds. The highest BCUT2D eigenvalue weighted by atomic mass is 35.5. The smallest absolute Gasteiger partial charge is 0.224 e. The van der Waals surface area contributed by atoms with Gasteiger partial charge < -0.3 is 10.1 Å². The molecule has 0 unspecified atom stereocenters. The molecule has 5 heteroatoms. The summed E-state index contributed by atoms with van der Waals surface area (Å²) < 4.78 is 5.50. The van der Waals surface area contributed by atoms with E-state index in [2.05, 4.69) is 5.32 Å². The lowest BCUT2D eigenvalue weighted by Gasteiger charge is -2.21. The first-order chi connectivity index (χ1) is 7.72. The van der Waals surface area contributed by atoms with Crippen LogP contribution in [-0.2, 0) is 11.2 Å². The Kier molecular flexibility index (Phi) is 3.56. The van der Waals surface area contributed by atoms with Crippen LogP contribution >= 0.6 is 23.2 Å². The summed E-state index contributed by atoms with van der Waals surface area (Å²) in [5.41, 5.74) is 1.63. The van der Waals surface area contributed by atoms with E-state index in [9.17, 15) is 4.79 Å². The number of alkyl halides is 1. The highest BCUT2D eigenvalue weighted by molar-refractivity contribution is 6.34. The number of halogens is 2. The molecule has 0 saturated carbocycles. The summed E-state index contributed by atoms with van der Waals surface area (Å²) in [6, 6.07) is 3.53. The number of hydrogen-bond donors (Lipinski definition) is 1. The molecule has 1 heterocycles. The molecule has 0 atom stereocenters. The van der Waals surface area contributed by atoms with Crippen molar-refractivity contribution in [1.82, 2.24) is 0 Å². The molecule has 0 aliphatic carbocycles. The monoisotopic (exact) mass is 259 g/mol. The Morgan fingerprint density at radius 3 is 2.94 bits per heavy atom. The number of benzene rings is 1. The molecule has 3 nitrogen and oxygen atoms in total. The number of nitrogens with one attached hydrogen (secondary N) is 1. The highest BCUT2D eigenvalue weighted by Gasteiger charge is 2.21. The Bertz CT molecular complexity index is 421. The maximum atomic E-state index is 11.3. The van der Waals surface area contributed by atoms with Gasteiger partial charge in [0, 0.05) is 12.0 Å². The molecule has 0 bridgehead atoms. The first-order valence-corrected chi connectivity index (χ1v) is 5.93. The number of rotatable bonds is 3. The van der Waals surface area contributed by atoms with Crippen molar-refractivity contribution in [3.63, 3.8) is 0 Å². The Morgan fingerprint density at radius 2 is 2.19 bits per heavy atom. The van der Waals surface area contributed by atoms with Crippen LogP contribution in [0.25, 0.3) is 0 Å². The molecular formula is C11H11Cl2NO2. The fourth-order valence-electron chi connectivity index (χ4n) is 1.71. The molecule has 0 radical (unpaired) electrons. The molecule has 2 rings (SSSR count). The van der Waals surface area contributed by atoms with Crippen LogP contribution in [0.2, 0.25) is 5.02 Å². The highest BCUT2D eigenvalue weighted by Crippen LogP contribution is 2.36. The SMILES string of the molecule is O=C1CCc2c(OCCCl)ccc(Cl)c2N1. The van der Waals surface area contributed by atoms with Crippen LogP contribution < -0.4 is 10.1 Å². The van der Waals surface area contributed by atoms with Crippen molar-refractivity contribution >= 4 is 34.8 Å². The van der Waals surface area contributed by atoms with Crippen molar-refractivity contribution in [2.45, 2.75) is 12.8 Å². The summed E-state index contributed by atoms with van der Waals surface area (Å²) in [6.07, 6.45) is 1.12. The summed E-state index contributed by atoms with van der Waals surface area (Å²) in [7, 11) is 0. The molecule has 0 aromatic heterocycles. The second kappa shape index (κ2) is 4.93. The fourth-order valence-corrected chi connectivity index (χ4v) is 2.01. The van der Waals surface area contributed by atoms with E-state index in [0.29, 0.717) is 36.0 Å². The minimum Gasteiger partial charge on any atom is -0.492 e. The number of carbonyl (C=O) groups excluding carboxylic acids is 1. The summed E-state index contributed by atoms with van der Waals surface area (Å²) >= 11 is 11.6. The largest absolute Gasteiger partial charge is 0.492 e. The standard InChI is InChI=1S/C11H11Cl2NO2/c12-5-6-16-9-3-2-8(13)11-7(9)1-4-10(15)14-11/h2-3H,1,4-6H2,(H,14,15). The van der Waals surface area contributed by atoms with E-state index in [4.69, 9.17) is 27.9 Å². The molecular weight excluding hydrogens is 249 g/mol. The topological polar surface area (TPSA) is 38.3 Å². The van der Waals surface area contributed by atoms with E-state index in [1.54, 1.807) is 6.07 Å². The van der Waals surface area contributed by atoms with Gasteiger partial charge in [0.25, 0.3) is 0 Å². The lowest BCUT2D eigenvalue weighted by Crippen LogP contribution is -2.20. The van der Waals surface area contributed by atoms with Crippen molar-refractivity contribution in [3.05, 3.63) is 22.7 Å². The summed E-state index contributed by atoms with van der Waals surface area (Å²) in [6.45, 7) is 0.448. The van der Waals surface area contributed by atoms with Crippen LogP contribution in [0.5, 0.6) is 5.75 Å². The third kappa shape index (κ3) is 2.25. The normalized spacial score (nSPS) is 14.2. The molecule has 1 aliphatic heterocycles. The van der Waals surface area contributed by atoms with E-state index < -0.39 is 0 Å². The lowest BCUT2D eigenvalue weighted by molar-refractivity contribution is -0.116. The first-order valence-electron chi connectivity index (χ1n) is 5.02. The lowest BCUT2D eigenvalue weighted by atomic mass is 10.0.